The Morgan fingerprint density at radius 1 is 1.41 bits per heavy atom. The summed E-state index contributed by atoms with van der Waals surface area (Å²) in [7, 11) is 0. The highest BCUT2D eigenvalue weighted by molar-refractivity contribution is 6.31. The first-order chi connectivity index (χ1) is 10.4. The van der Waals surface area contributed by atoms with Gasteiger partial charge in [-0.05, 0) is 19.1 Å². The molecule has 0 aliphatic rings. The standard InChI is InChI=1S/C14H13ClN2O5/c1-2-3-4-5-14(19)22-9-13(18)16-11-8-10(15)6-7-12(11)17(20)21/h2-8H,9H2,1H3,(H,16,18)/b3-2+,5-4+. The highest BCUT2D eigenvalue weighted by Crippen LogP contribution is 2.27. The predicted octanol–water partition coefficient (Wildman–Crippen LogP) is 2.86. The van der Waals surface area contributed by atoms with Gasteiger partial charge in [0.15, 0.2) is 6.61 Å². The number of amides is 1. The molecular formula is C14H13ClN2O5. The van der Waals surface area contributed by atoms with E-state index in [1.54, 1.807) is 19.1 Å². The van der Waals surface area contributed by atoms with Crippen LogP contribution in [0.3, 0.4) is 0 Å². The van der Waals surface area contributed by atoms with E-state index >= 15 is 0 Å². The summed E-state index contributed by atoms with van der Waals surface area (Å²) in [6.07, 6.45) is 5.95. The summed E-state index contributed by atoms with van der Waals surface area (Å²) < 4.78 is 4.68. The SMILES string of the molecule is C/C=C/C=C/C(=O)OCC(=O)Nc1cc(Cl)ccc1[N+](=O)[O-]. The number of nitrogens with zero attached hydrogens (tertiary/aromatic N) is 1. The number of benzene rings is 1. The number of allylic oxidation sites excluding steroid dienone is 3. The Bertz CT molecular complexity index is 640. The third kappa shape index (κ3) is 5.76. The molecule has 0 saturated carbocycles. The Hall–Kier alpha value is -2.67. The molecule has 22 heavy (non-hydrogen) atoms. The average molecular weight is 325 g/mol. The van der Waals surface area contributed by atoms with E-state index in [1.165, 1.54) is 24.3 Å². The van der Waals surface area contributed by atoms with E-state index in [-0.39, 0.29) is 16.4 Å². The minimum Gasteiger partial charge on any atom is -0.452 e. The summed E-state index contributed by atoms with van der Waals surface area (Å²) in [5.41, 5.74) is -0.375. The normalized spacial score (nSPS) is 10.8. The minimum atomic E-state index is -0.710. The monoisotopic (exact) mass is 324 g/mol. The lowest BCUT2D eigenvalue weighted by atomic mass is 10.2. The van der Waals surface area contributed by atoms with Crippen molar-refractivity contribution < 1.29 is 19.2 Å². The highest BCUT2D eigenvalue weighted by atomic mass is 35.5. The Kier molecular flexibility index (Phi) is 6.78. The molecule has 116 valence electrons. The average Bonchev–Trinajstić information content (AvgIpc) is 2.45. The van der Waals surface area contributed by atoms with Crippen LogP contribution in [-0.2, 0) is 14.3 Å². The molecule has 1 rings (SSSR count). The molecule has 1 N–H and O–H groups in total. The summed E-state index contributed by atoms with van der Waals surface area (Å²) in [5, 5.41) is 13.3. The van der Waals surface area contributed by atoms with Crippen molar-refractivity contribution >= 4 is 34.9 Å². The molecule has 0 unspecified atom stereocenters. The first-order valence-electron chi connectivity index (χ1n) is 6.14. The Labute approximate surface area is 131 Å². The maximum atomic E-state index is 11.6. The van der Waals surface area contributed by atoms with Crippen molar-refractivity contribution in [3.8, 4) is 0 Å². The molecule has 1 aromatic carbocycles. The maximum absolute atomic E-state index is 11.6. The summed E-state index contributed by atoms with van der Waals surface area (Å²) in [6.45, 7) is 1.21. The number of nitrogens with one attached hydrogen (secondary N) is 1. The number of anilines is 1. The highest BCUT2D eigenvalue weighted by Gasteiger charge is 2.16. The fraction of sp³-hybridized carbons (Fsp3) is 0.143. The molecule has 0 radical (unpaired) electrons. The number of esters is 1. The molecule has 0 fully saturated rings. The number of carbonyl (C=O) groups excluding carboxylic acids is 2. The Morgan fingerprint density at radius 3 is 2.77 bits per heavy atom. The lowest BCUT2D eigenvalue weighted by Crippen LogP contribution is -2.20. The van der Waals surface area contributed by atoms with Crippen molar-refractivity contribution in [1.82, 2.24) is 0 Å². The Morgan fingerprint density at radius 2 is 2.14 bits per heavy atom. The second-order valence-electron chi connectivity index (χ2n) is 3.96. The fourth-order valence-electron chi connectivity index (χ4n) is 1.38. The molecule has 1 amide bonds. The van der Waals surface area contributed by atoms with Gasteiger partial charge in [0.05, 0.1) is 4.92 Å². The van der Waals surface area contributed by atoms with Gasteiger partial charge < -0.3 is 10.1 Å². The predicted molar refractivity (Wildman–Crippen MR) is 81.6 cm³/mol. The van der Waals surface area contributed by atoms with Crippen molar-refractivity contribution in [2.24, 2.45) is 0 Å². The molecule has 0 aromatic heterocycles. The lowest BCUT2D eigenvalue weighted by Gasteiger charge is -2.06. The number of carbonyl (C=O) groups is 2. The quantitative estimate of drug-likeness (QED) is 0.285. The third-order valence-electron chi connectivity index (χ3n) is 2.31. The molecule has 1 aromatic rings. The topological polar surface area (TPSA) is 98.5 Å². The molecule has 0 spiro atoms. The van der Waals surface area contributed by atoms with Gasteiger partial charge in [0.2, 0.25) is 0 Å². The van der Waals surface area contributed by atoms with E-state index in [9.17, 15) is 19.7 Å². The zero-order valence-corrected chi connectivity index (χ0v) is 12.4. The molecular weight excluding hydrogens is 312 g/mol. The number of nitro benzene ring substituents is 1. The Balaban J connectivity index is 2.64. The molecule has 7 nitrogen and oxygen atoms in total. The van der Waals surface area contributed by atoms with E-state index < -0.39 is 23.4 Å². The molecule has 0 atom stereocenters. The van der Waals surface area contributed by atoms with Gasteiger partial charge in [-0.15, -0.1) is 0 Å². The van der Waals surface area contributed by atoms with Gasteiger partial charge in [-0.3, -0.25) is 14.9 Å². The van der Waals surface area contributed by atoms with Crippen molar-refractivity contribution in [2.45, 2.75) is 6.92 Å². The first kappa shape index (κ1) is 17.4. The second-order valence-corrected chi connectivity index (χ2v) is 4.40. The van der Waals surface area contributed by atoms with E-state index in [0.29, 0.717) is 0 Å². The van der Waals surface area contributed by atoms with Crippen molar-refractivity contribution in [1.29, 1.82) is 0 Å². The number of nitro groups is 1. The largest absolute Gasteiger partial charge is 0.452 e. The van der Waals surface area contributed by atoms with Crippen LogP contribution in [0.25, 0.3) is 0 Å². The summed E-state index contributed by atoms with van der Waals surface area (Å²) in [6, 6.07) is 3.75. The zero-order chi connectivity index (χ0) is 16.5. The molecule has 0 aliphatic heterocycles. The summed E-state index contributed by atoms with van der Waals surface area (Å²) in [4.78, 5) is 33.1. The second kappa shape index (κ2) is 8.58. The molecule has 0 bridgehead atoms. The molecule has 0 aliphatic carbocycles. The number of ether oxygens (including phenoxy) is 1. The van der Waals surface area contributed by atoms with Crippen LogP contribution in [-0.4, -0.2) is 23.4 Å². The number of halogens is 1. The number of hydrogen-bond donors (Lipinski definition) is 1. The van der Waals surface area contributed by atoms with Crippen molar-refractivity contribution in [3.63, 3.8) is 0 Å². The summed E-state index contributed by atoms with van der Waals surface area (Å²) in [5.74, 6) is -1.41. The smallest absolute Gasteiger partial charge is 0.331 e. The van der Waals surface area contributed by atoms with Crippen LogP contribution in [0.2, 0.25) is 5.02 Å². The van der Waals surface area contributed by atoms with Crippen LogP contribution >= 0.6 is 11.6 Å². The van der Waals surface area contributed by atoms with Gasteiger partial charge in [-0.2, -0.15) is 0 Å². The van der Waals surface area contributed by atoms with E-state index in [0.717, 1.165) is 6.08 Å². The number of hydrogen-bond acceptors (Lipinski definition) is 5. The van der Waals surface area contributed by atoms with Crippen LogP contribution in [0.5, 0.6) is 0 Å². The lowest BCUT2D eigenvalue weighted by molar-refractivity contribution is -0.383. The molecule has 0 heterocycles. The van der Waals surface area contributed by atoms with Gasteiger partial charge in [0, 0.05) is 17.2 Å². The van der Waals surface area contributed by atoms with Gasteiger partial charge >= 0.3 is 5.97 Å². The molecule has 0 saturated heterocycles. The fourth-order valence-corrected chi connectivity index (χ4v) is 1.56. The van der Waals surface area contributed by atoms with Gasteiger partial charge in [0.1, 0.15) is 5.69 Å². The zero-order valence-electron chi connectivity index (χ0n) is 11.6. The van der Waals surface area contributed by atoms with Crippen molar-refractivity contribution in [3.05, 3.63) is 57.6 Å². The summed E-state index contributed by atoms with van der Waals surface area (Å²) >= 11 is 5.73. The van der Waals surface area contributed by atoms with Gasteiger partial charge in [0.25, 0.3) is 11.6 Å². The van der Waals surface area contributed by atoms with Crippen LogP contribution in [0.15, 0.2) is 42.5 Å². The van der Waals surface area contributed by atoms with E-state index in [4.69, 9.17) is 11.6 Å². The van der Waals surface area contributed by atoms with Gasteiger partial charge in [-0.1, -0.05) is 29.8 Å². The van der Waals surface area contributed by atoms with Crippen LogP contribution in [0.4, 0.5) is 11.4 Å². The van der Waals surface area contributed by atoms with Crippen LogP contribution < -0.4 is 5.32 Å². The van der Waals surface area contributed by atoms with Crippen LogP contribution in [0.1, 0.15) is 6.92 Å². The van der Waals surface area contributed by atoms with Crippen molar-refractivity contribution in [2.75, 3.05) is 11.9 Å². The van der Waals surface area contributed by atoms with Crippen LogP contribution in [0, 0.1) is 10.1 Å². The number of rotatable bonds is 6. The molecule has 8 heteroatoms. The third-order valence-corrected chi connectivity index (χ3v) is 2.55. The van der Waals surface area contributed by atoms with E-state index in [1.807, 2.05) is 0 Å². The first-order valence-corrected chi connectivity index (χ1v) is 6.51. The van der Waals surface area contributed by atoms with E-state index in [2.05, 4.69) is 10.1 Å². The maximum Gasteiger partial charge on any atom is 0.331 e. The van der Waals surface area contributed by atoms with Gasteiger partial charge in [-0.25, -0.2) is 4.79 Å². The minimum absolute atomic E-state index is 0.0667.